The van der Waals surface area contributed by atoms with Gasteiger partial charge in [-0.2, -0.15) is 0 Å². The van der Waals surface area contributed by atoms with Crippen LogP contribution in [0.15, 0.2) is 0 Å². The van der Waals surface area contributed by atoms with Gasteiger partial charge in [-0.05, 0) is 26.7 Å². The average Bonchev–Trinajstić information content (AvgIpc) is 2.17. The monoisotopic (exact) mass is 228 g/mol. The number of ether oxygens (including phenoxy) is 1. The van der Waals surface area contributed by atoms with Crippen molar-refractivity contribution in [2.24, 2.45) is 0 Å². The van der Waals surface area contributed by atoms with Crippen LogP contribution in [-0.2, 0) is 19.1 Å². The van der Waals surface area contributed by atoms with E-state index in [1.165, 1.54) is 6.92 Å². The molecule has 0 unspecified atom stereocenters. The number of rotatable bonds is 9. The third kappa shape index (κ3) is 9.37. The van der Waals surface area contributed by atoms with Crippen molar-refractivity contribution in [1.82, 2.24) is 0 Å². The van der Waals surface area contributed by atoms with E-state index in [2.05, 4.69) is 0 Å². The van der Waals surface area contributed by atoms with Crippen LogP contribution in [0, 0.1) is 0 Å². The molecule has 16 heavy (non-hydrogen) atoms. The zero-order valence-corrected chi connectivity index (χ0v) is 10.1. The van der Waals surface area contributed by atoms with Gasteiger partial charge >= 0.3 is 5.97 Å². The Morgan fingerprint density at radius 2 is 1.50 bits per heavy atom. The predicted molar refractivity (Wildman–Crippen MR) is 60.0 cm³/mol. The Hall–Kier alpha value is -1.19. The first-order valence-corrected chi connectivity index (χ1v) is 5.73. The van der Waals surface area contributed by atoms with Crippen LogP contribution in [0.3, 0.4) is 0 Å². The fourth-order valence-electron chi connectivity index (χ4n) is 1.32. The van der Waals surface area contributed by atoms with Crippen molar-refractivity contribution >= 4 is 17.5 Å². The van der Waals surface area contributed by atoms with Gasteiger partial charge in [0.1, 0.15) is 11.6 Å². The van der Waals surface area contributed by atoms with Gasteiger partial charge in [0, 0.05) is 25.7 Å². The maximum atomic E-state index is 11.3. The van der Waals surface area contributed by atoms with Crippen molar-refractivity contribution < 1.29 is 19.1 Å². The molecule has 0 bridgehead atoms. The summed E-state index contributed by atoms with van der Waals surface area (Å²) in [5.41, 5.74) is 0. The summed E-state index contributed by atoms with van der Waals surface area (Å²) in [6.45, 7) is 3.65. The summed E-state index contributed by atoms with van der Waals surface area (Å²) in [4.78, 5) is 32.9. The molecule has 0 atom stereocenters. The highest BCUT2D eigenvalue weighted by Crippen LogP contribution is 2.04. The van der Waals surface area contributed by atoms with E-state index >= 15 is 0 Å². The molecule has 0 aliphatic rings. The Kier molecular flexibility index (Phi) is 8.39. The number of Topliss-reactive ketones (excluding diaryl/α,β-unsaturated/α-hetero) is 2. The van der Waals surface area contributed by atoms with Crippen LogP contribution in [0.2, 0.25) is 0 Å². The van der Waals surface area contributed by atoms with Gasteiger partial charge in [-0.3, -0.25) is 9.59 Å². The van der Waals surface area contributed by atoms with Gasteiger partial charge in [-0.1, -0.05) is 0 Å². The highest BCUT2D eigenvalue weighted by Gasteiger charge is 2.06. The van der Waals surface area contributed by atoms with Crippen molar-refractivity contribution in [2.75, 3.05) is 6.61 Å². The first-order chi connectivity index (χ1) is 7.56. The Balaban J connectivity index is 3.43. The fraction of sp³-hybridized carbons (Fsp3) is 0.750. The molecule has 0 heterocycles. The minimum Gasteiger partial charge on any atom is -0.466 e. The lowest BCUT2D eigenvalue weighted by Gasteiger charge is -2.01. The summed E-state index contributed by atoms with van der Waals surface area (Å²) in [7, 11) is 0. The van der Waals surface area contributed by atoms with Gasteiger partial charge in [0.05, 0.1) is 6.61 Å². The maximum absolute atomic E-state index is 11.3. The van der Waals surface area contributed by atoms with Crippen molar-refractivity contribution in [3.8, 4) is 0 Å². The second kappa shape index (κ2) is 9.07. The van der Waals surface area contributed by atoms with Gasteiger partial charge in [0.2, 0.25) is 0 Å². The molecule has 0 rings (SSSR count). The van der Waals surface area contributed by atoms with Gasteiger partial charge < -0.3 is 9.53 Å². The summed E-state index contributed by atoms with van der Waals surface area (Å²) in [5.74, 6) is -0.0242. The summed E-state index contributed by atoms with van der Waals surface area (Å²) in [6.07, 6.45) is 2.75. The first kappa shape index (κ1) is 14.8. The highest BCUT2D eigenvalue weighted by molar-refractivity contribution is 5.80. The highest BCUT2D eigenvalue weighted by atomic mass is 16.5. The van der Waals surface area contributed by atoms with Gasteiger partial charge in [-0.15, -0.1) is 0 Å². The molecule has 92 valence electrons. The van der Waals surface area contributed by atoms with Crippen LogP contribution in [0.4, 0.5) is 0 Å². The van der Waals surface area contributed by atoms with E-state index in [9.17, 15) is 14.4 Å². The zero-order valence-electron chi connectivity index (χ0n) is 10.1. The number of esters is 1. The largest absolute Gasteiger partial charge is 0.466 e. The van der Waals surface area contributed by atoms with Crippen LogP contribution >= 0.6 is 0 Å². The van der Waals surface area contributed by atoms with Crippen LogP contribution < -0.4 is 0 Å². The molecule has 0 aromatic carbocycles. The zero-order chi connectivity index (χ0) is 12.4. The van der Waals surface area contributed by atoms with Crippen molar-refractivity contribution in [1.29, 1.82) is 0 Å². The predicted octanol–water partition coefficient (Wildman–Crippen LogP) is 2.05. The minimum absolute atomic E-state index is 0.110. The Morgan fingerprint density at radius 3 is 2.00 bits per heavy atom. The molecule has 0 aliphatic carbocycles. The van der Waals surface area contributed by atoms with E-state index in [0.29, 0.717) is 45.1 Å². The minimum atomic E-state index is -0.251. The smallest absolute Gasteiger partial charge is 0.305 e. The molecule has 0 fully saturated rings. The standard InChI is InChI=1S/C12H20O4/c1-3-16-12(15)9-5-8-11(14)7-4-6-10(2)13/h3-9H2,1-2H3. The molecule has 0 radical (unpaired) electrons. The summed E-state index contributed by atoms with van der Waals surface area (Å²) >= 11 is 0. The first-order valence-electron chi connectivity index (χ1n) is 5.73. The van der Waals surface area contributed by atoms with E-state index in [1.807, 2.05) is 0 Å². The van der Waals surface area contributed by atoms with E-state index in [-0.39, 0.29) is 17.5 Å². The molecule has 4 heteroatoms. The lowest BCUT2D eigenvalue weighted by Crippen LogP contribution is -2.05. The summed E-state index contributed by atoms with van der Waals surface area (Å²) in [5, 5.41) is 0. The lowest BCUT2D eigenvalue weighted by molar-refractivity contribution is -0.143. The molecular weight excluding hydrogens is 208 g/mol. The molecule has 4 nitrogen and oxygen atoms in total. The molecule has 0 spiro atoms. The topological polar surface area (TPSA) is 60.4 Å². The van der Waals surface area contributed by atoms with Crippen molar-refractivity contribution in [3.63, 3.8) is 0 Å². The third-order valence-corrected chi connectivity index (χ3v) is 2.13. The van der Waals surface area contributed by atoms with Crippen LogP contribution in [0.1, 0.15) is 52.4 Å². The lowest BCUT2D eigenvalue weighted by atomic mass is 10.1. The molecule has 0 aromatic heterocycles. The SMILES string of the molecule is CCOC(=O)CCCC(=O)CCCC(C)=O. The summed E-state index contributed by atoms with van der Waals surface area (Å²) in [6, 6.07) is 0. The van der Waals surface area contributed by atoms with Crippen LogP contribution in [0.5, 0.6) is 0 Å². The number of hydrogen-bond donors (Lipinski definition) is 0. The van der Waals surface area contributed by atoms with E-state index in [1.54, 1.807) is 6.92 Å². The maximum Gasteiger partial charge on any atom is 0.305 e. The molecule has 0 saturated heterocycles. The van der Waals surface area contributed by atoms with Crippen molar-refractivity contribution in [2.45, 2.75) is 52.4 Å². The van der Waals surface area contributed by atoms with E-state index in [0.717, 1.165) is 0 Å². The molecule has 0 aromatic rings. The quantitative estimate of drug-likeness (QED) is 0.567. The van der Waals surface area contributed by atoms with Gasteiger partial charge in [-0.25, -0.2) is 0 Å². The van der Waals surface area contributed by atoms with Crippen LogP contribution in [-0.4, -0.2) is 24.1 Å². The van der Waals surface area contributed by atoms with Gasteiger partial charge in [0.25, 0.3) is 0 Å². The van der Waals surface area contributed by atoms with E-state index < -0.39 is 0 Å². The van der Waals surface area contributed by atoms with Crippen LogP contribution in [0.25, 0.3) is 0 Å². The average molecular weight is 228 g/mol. The number of ketones is 2. The van der Waals surface area contributed by atoms with E-state index in [4.69, 9.17) is 4.74 Å². The Labute approximate surface area is 96.4 Å². The number of carbonyl (C=O) groups excluding carboxylic acids is 3. The second-order valence-electron chi connectivity index (χ2n) is 3.75. The molecule has 0 N–H and O–H groups in total. The molecule has 0 saturated carbocycles. The Bertz CT molecular complexity index is 245. The Morgan fingerprint density at radius 1 is 0.938 bits per heavy atom. The van der Waals surface area contributed by atoms with Crippen molar-refractivity contribution in [3.05, 3.63) is 0 Å². The second-order valence-corrected chi connectivity index (χ2v) is 3.75. The molecule has 0 aliphatic heterocycles. The number of carbonyl (C=O) groups is 3. The van der Waals surface area contributed by atoms with Gasteiger partial charge in [0.15, 0.2) is 0 Å². The third-order valence-electron chi connectivity index (χ3n) is 2.13. The fourth-order valence-corrected chi connectivity index (χ4v) is 1.32. The summed E-state index contributed by atoms with van der Waals surface area (Å²) < 4.78 is 4.74. The number of hydrogen-bond acceptors (Lipinski definition) is 4. The molecular formula is C12H20O4. The normalized spacial score (nSPS) is 9.88. The molecule has 0 amide bonds.